The summed E-state index contributed by atoms with van der Waals surface area (Å²) in [5.74, 6) is 0.407. The molecule has 1 aliphatic rings. The van der Waals surface area contributed by atoms with Crippen LogP contribution in [-0.4, -0.2) is 26.9 Å². The predicted octanol–water partition coefficient (Wildman–Crippen LogP) is 2.11. The van der Waals surface area contributed by atoms with Crippen LogP contribution in [0, 0.1) is 0 Å². The molecule has 0 saturated heterocycles. The van der Waals surface area contributed by atoms with Crippen molar-refractivity contribution in [3.8, 4) is 0 Å². The maximum absolute atomic E-state index is 14.0. The molecule has 5 nitrogen and oxygen atoms in total. The lowest BCUT2D eigenvalue weighted by molar-refractivity contribution is -0.0354. The Labute approximate surface area is 131 Å². The van der Waals surface area contributed by atoms with E-state index >= 15 is 0 Å². The Morgan fingerprint density at radius 2 is 2.27 bits per heavy atom. The molecule has 0 bridgehead atoms. The third-order valence-corrected chi connectivity index (χ3v) is 4.48. The van der Waals surface area contributed by atoms with Crippen molar-refractivity contribution < 1.29 is 9.50 Å². The Kier molecular flexibility index (Phi) is 3.71. The van der Waals surface area contributed by atoms with Gasteiger partial charge in [0.2, 0.25) is 0 Å². The molecule has 1 fully saturated rings. The normalized spacial score (nSPS) is 26.0. The summed E-state index contributed by atoms with van der Waals surface area (Å²) in [7, 11) is 0. The number of nitrogens with two attached hydrogens (primary N) is 1. The van der Waals surface area contributed by atoms with E-state index in [0.29, 0.717) is 21.7 Å². The Bertz CT molecular complexity index is 784. The van der Waals surface area contributed by atoms with E-state index in [1.54, 1.807) is 25.1 Å². The minimum Gasteiger partial charge on any atom is -0.393 e. The molecule has 3 N–H and O–H groups in total. The SMILES string of the molecule is CC(N)c1nc2cccc(Cl)c2c(=O)n1C1CC(F)(CO)C1. The number of nitrogens with zero attached hydrogens (tertiary/aromatic N) is 2. The van der Waals surface area contributed by atoms with Crippen LogP contribution in [0.3, 0.4) is 0 Å². The summed E-state index contributed by atoms with van der Waals surface area (Å²) in [6, 6.07) is 4.20. The van der Waals surface area contributed by atoms with Gasteiger partial charge >= 0.3 is 0 Å². The second kappa shape index (κ2) is 5.30. The molecule has 1 saturated carbocycles. The Morgan fingerprint density at radius 1 is 1.59 bits per heavy atom. The average Bonchev–Trinajstić information content (AvgIpc) is 2.44. The summed E-state index contributed by atoms with van der Waals surface area (Å²) >= 11 is 6.12. The highest BCUT2D eigenvalue weighted by atomic mass is 35.5. The van der Waals surface area contributed by atoms with Gasteiger partial charge in [-0.05, 0) is 19.1 Å². The molecule has 0 amide bonds. The fraction of sp³-hybridized carbons (Fsp3) is 0.467. The van der Waals surface area contributed by atoms with Gasteiger partial charge in [0.1, 0.15) is 11.5 Å². The Balaban J connectivity index is 2.20. The minimum atomic E-state index is -1.63. The van der Waals surface area contributed by atoms with Crippen LogP contribution in [0.5, 0.6) is 0 Å². The number of fused-ring (bicyclic) bond motifs is 1. The molecular weight excluding hydrogens is 309 g/mol. The second-order valence-corrected chi connectivity index (χ2v) is 6.35. The van der Waals surface area contributed by atoms with Crippen LogP contribution in [0.1, 0.15) is 37.7 Å². The molecule has 3 rings (SSSR count). The fourth-order valence-corrected chi connectivity index (χ4v) is 3.24. The molecule has 0 spiro atoms. The summed E-state index contributed by atoms with van der Waals surface area (Å²) in [6.07, 6.45) is 0.140. The van der Waals surface area contributed by atoms with Crippen molar-refractivity contribution in [3.63, 3.8) is 0 Å². The van der Waals surface area contributed by atoms with E-state index < -0.39 is 18.3 Å². The van der Waals surface area contributed by atoms with Crippen molar-refractivity contribution in [1.29, 1.82) is 0 Å². The summed E-state index contributed by atoms with van der Waals surface area (Å²) < 4.78 is 15.4. The van der Waals surface area contributed by atoms with Crippen LogP contribution in [0.15, 0.2) is 23.0 Å². The average molecular weight is 326 g/mol. The predicted molar refractivity (Wildman–Crippen MR) is 82.8 cm³/mol. The van der Waals surface area contributed by atoms with E-state index in [1.165, 1.54) is 4.57 Å². The summed E-state index contributed by atoms with van der Waals surface area (Å²) in [4.78, 5) is 17.2. The van der Waals surface area contributed by atoms with Gasteiger partial charge in [0.15, 0.2) is 0 Å². The van der Waals surface area contributed by atoms with Crippen molar-refractivity contribution >= 4 is 22.5 Å². The zero-order valence-electron chi connectivity index (χ0n) is 12.1. The molecule has 118 valence electrons. The third-order valence-electron chi connectivity index (χ3n) is 4.16. The first-order valence-electron chi connectivity index (χ1n) is 7.12. The summed E-state index contributed by atoms with van der Waals surface area (Å²) in [6.45, 7) is 1.18. The standard InChI is InChI=1S/C15H17ClFN3O2/c1-8(18)13-19-11-4-2-3-10(16)12(11)14(22)20(13)9-5-15(17,6-9)7-21/h2-4,8-9,21H,5-7,18H2,1H3. The van der Waals surface area contributed by atoms with Gasteiger partial charge in [-0.3, -0.25) is 9.36 Å². The van der Waals surface area contributed by atoms with Crippen molar-refractivity contribution in [2.75, 3.05) is 6.61 Å². The summed E-state index contributed by atoms with van der Waals surface area (Å²) in [5.41, 5.74) is 4.47. The quantitative estimate of drug-likeness (QED) is 0.905. The van der Waals surface area contributed by atoms with Crippen molar-refractivity contribution in [2.24, 2.45) is 5.73 Å². The topological polar surface area (TPSA) is 81.1 Å². The molecule has 0 aliphatic heterocycles. The van der Waals surface area contributed by atoms with Crippen molar-refractivity contribution in [2.45, 2.75) is 37.5 Å². The van der Waals surface area contributed by atoms with Crippen molar-refractivity contribution in [1.82, 2.24) is 9.55 Å². The van der Waals surface area contributed by atoms with Gasteiger partial charge in [0.05, 0.1) is 28.6 Å². The first-order chi connectivity index (χ1) is 10.4. The molecule has 1 heterocycles. The zero-order valence-corrected chi connectivity index (χ0v) is 12.8. The third kappa shape index (κ3) is 2.31. The highest BCUT2D eigenvalue weighted by molar-refractivity contribution is 6.35. The zero-order chi connectivity index (χ0) is 16.1. The van der Waals surface area contributed by atoms with E-state index in [-0.39, 0.29) is 24.4 Å². The maximum atomic E-state index is 14.0. The van der Waals surface area contributed by atoms with Crippen LogP contribution >= 0.6 is 11.6 Å². The molecule has 7 heteroatoms. The Hall–Kier alpha value is -1.50. The lowest BCUT2D eigenvalue weighted by atomic mass is 9.77. The first kappa shape index (κ1) is 15.4. The number of aliphatic hydroxyl groups is 1. The van der Waals surface area contributed by atoms with E-state index in [1.807, 2.05) is 0 Å². The smallest absolute Gasteiger partial charge is 0.263 e. The molecule has 1 aromatic heterocycles. The molecule has 1 atom stereocenters. The number of hydrogen-bond donors (Lipinski definition) is 2. The van der Waals surface area contributed by atoms with Gasteiger partial charge in [0, 0.05) is 18.9 Å². The number of rotatable bonds is 3. The lowest BCUT2D eigenvalue weighted by Gasteiger charge is -2.41. The number of aromatic nitrogens is 2. The number of hydrogen-bond acceptors (Lipinski definition) is 4. The van der Waals surface area contributed by atoms with E-state index in [9.17, 15) is 9.18 Å². The highest BCUT2D eigenvalue weighted by Crippen LogP contribution is 2.44. The number of aliphatic hydroxyl groups excluding tert-OH is 1. The maximum Gasteiger partial charge on any atom is 0.263 e. The highest BCUT2D eigenvalue weighted by Gasteiger charge is 2.46. The number of alkyl halides is 1. The first-order valence-corrected chi connectivity index (χ1v) is 7.50. The molecule has 1 aliphatic carbocycles. The van der Waals surface area contributed by atoms with Crippen LogP contribution in [-0.2, 0) is 0 Å². The van der Waals surface area contributed by atoms with Gasteiger partial charge in [0.25, 0.3) is 5.56 Å². The fourth-order valence-electron chi connectivity index (χ4n) is 2.99. The van der Waals surface area contributed by atoms with Crippen molar-refractivity contribution in [3.05, 3.63) is 39.4 Å². The van der Waals surface area contributed by atoms with Gasteiger partial charge in [-0.1, -0.05) is 17.7 Å². The molecule has 22 heavy (non-hydrogen) atoms. The van der Waals surface area contributed by atoms with Crippen LogP contribution < -0.4 is 11.3 Å². The van der Waals surface area contributed by atoms with Gasteiger partial charge in [-0.15, -0.1) is 0 Å². The number of halogens is 2. The van der Waals surface area contributed by atoms with E-state index in [0.717, 1.165) is 0 Å². The lowest BCUT2D eigenvalue weighted by Crippen LogP contribution is -2.48. The van der Waals surface area contributed by atoms with E-state index in [4.69, 9.17) is 22.4 Å². The van der Waals surface area contributed by atoms with Gasteiger partial charge in [-0.25, -0.2) is 9.37 Å². The number of benzene rings is 1. The van der Waals surface area contributed by atoms with Gasteiger partial charge < -0.3 is 10.8 Å². The van der Waals surface area contributed by atoms with Crippen LogP contribution in [0.2, 0.25) is 5.02 Å². The van der Waals surface area contributed by atoms with Gasteiger partial charge in [-0.2, -0.15) is 0 Å². The van der Waals surface area contributed by atoms with Crippen LogP contribution in [0.4, 0.5) is 4.39 Å². The van der Waals surface area contributed by atoms with Crippen LogP contribution in [0.25, 0.3) is 10.9 Å². The molecular formula is C15H17ClFN3O2. The molecule has 0 radical (unpaired) electrons. The summed E-state index contributed by atoms with van der Waals surface area (Å²) in [5, 5.41) is 9.68. The van der Waals surface area contributed by atoms with E-state index in [2.05, 4.69) is 4.98 Å². The second-order valence-electron chi connectivity index (χ2n) is 5.94. The monoisotopic (exact) mass is 325 g/mol. The Morgan fingerprint density at radius 3 is 2.86 bits per heavy atom. The minimum absolute atomic E-state index is 0.0702. The molecule has 2 aromatic rings. The largest absolute Gasteiger partial charge is 0.393 e. The molecule has 1 aromatic carbocycles. The molecule has 1 unspecified atom stereocenters.